The summed E-state index contributed by atoms with van der Waals surface area (Å²) >= 11 is 0. The van der Waals surface area contributed by atoms with Crippen LogP contribution in [0.5, 0.6) is 0 Å². The van der Waals surface area contributed by atoms with Crippen LogP contribution in [-0.4, -0.2) is 15.7 Å². The lowest BCUT2D eigenvalue weighted by Gasteiger charge is -2.22. The van der Waals surface area contributed by atoms with Gasteiger partial charge in [-0.05, 0) is 12.8 Å². The highest BCUT2D eigenvalue weighted by Gasteiger charge is 2.65. The number of nitrogens with two attached hydrogens (primary N) is 1. The molecule has 1 saturated carbocycles. The van der Waals surface area contributed by atoms with Crippen molar-refractivity contribution in [3.8, 4) is 0 Å². The molecule has 1 fully saturated rings. The Bertz CT molecular complexity index is 338. The molecule has 0 unspecified atom stereocenters. The van der Waals surface area contributed by atoms with Crippen molar-refractivity contribution >= 4 is 0 Å². The summed E-state index contributed by atoms with van der Waals surface area (Å²) in [5.74, 6) is 0. The SMILES string of the molecule is NCc1cncn1C1(C(F)(F)F)CC1. The molecule has 14 heavy (non-hydrogen) atoms. The maximum Gasteiger partial charge on any atom is 0.411 e. The molecule has 0 bridgehead atoms. The molecule has 6 heteroatoms. The van der Waals surface area contributed by atoms with Crippen LogP contribution in [0.3, 0.4) is 0 Å². The van der Waals surface area contributed by atoms with Gasteiger partial charge in [-0.3, -0.25) is 0 Å². The fourth-order valence-electron chi connectivity index (χ4n) is 1.64. The van der Waals surface area contributed by atoms with E-state index in [0.29, 0.717) is 5.69 Å². The molecule has 0 amide bonds. The van der Waals surface area contributed by atoms with Gasteiger partial charge in [0, 0.05) is 12.7 Å². The quantitative estimate of drug-likeness (QED) is 0.792. The van der Waals surface area contributed by atoms with Crippen LogP contribution < -0.4 is 5.73 Å². The van der Waals surface area contributed by atoms with Crippen LogP contribution in [0.1, 0.15) is 18.5 Å². The number of hydrogen-bond donors (Lipinski definition) is 1. The van der Waals surface area contributed by atoms with Crippen molar-refractivity contribution in [1.82, 2.24) is 9.55 Å². The second kappa shape index (κ2) is 2.73. The van der Waals surface area contributed by atoms with Crippen LogP contribution in [-0.2, 0) is 12.1 Å². The van der Waals surface area contributed by atoms with Crippen LogP contribution in [0.4, 0.5) is 13.2 Å². The third kappa shape index (κ3) is 1.13. The van der Waals surface area contributed by atoms with Gasteiger partial charge in [0.05, 0.1) is 12.0 Å². The van der Waals surface area contributed by atoms with E-state index in [4.69, 9.17) is 5.73 Å². The number of halogens is 3. The Hall–Kier alpha value is -1.04. The minimum atomic E-state index is -4.21. The van der Waals surface area contributed by atoms with Crippen molar-refractivity contribution in [3.63, 3.8) is 0 Å². The van der Waals surface area contributed by atoms with E-state index in [1.807, 2.05) is 0 Å². The summed E-state index contributed by atoms with van der Waals surface area (Å²) in [5.41, 5.74) is 4.04. The van der Waals surface area contributed by atoms with E-state index in [2.05, 4.69) is 4.98 Å². The van der Waals surface area contributed by atoms with Crippen molar-refractivity contribution in [3.05, 3.63) is 18.2 Å². The predicted molar refractivity (Wildman–Crippen MR) is 43.4 cm³/mol. The fraction of sp³-hybridized carbons (Fsp3) is 0.625. The molecule has 1 aliphatic carbocycles. The minimum absolute atomic E-state index is 0.0812. The number of rotatable bonds is 2. The van der Waals surface area contributed by atoms with E-state index in [-0.39, 0.29) is 19.4 Å². The van der Waals surface area contributed by atoms with Crippen LogP contribution in [0.25, 0.3) is 0 Å². The van der Waals surface area contributed by atoms with Gasteiger partial charge < -0.3 is 10.3 Å². The zero-order valence-electron chi connectivity index (χ0n) is 7.38. The summed E-state index contributed by atoms with van der Waals surface area (Å²) in [7, 11) is 0. The summed E-state index contributed by atoms with van der Waals surface area (Å²) in [4.78, 5) is 3.70. The normalized spacial score (nSPS) is 19.7. The maximum absolute atomic E-state index is 12.7. The lowest BCUT2D eigenvalue weighted by molar-refractivity contribution is -0.180. The molecule has 0 aliphatic heterocycles. The molecule has 78 valence electrons. The Morgan fingerprint density at radius 1 is 1.50 bits per heavy atom. The molecule has 0 atom stereocenters. The highest BCUT2D eigenvalue weighted by molar-refractivity contribution is 5.13. The van der Waals surface area contributed by atoms with Gasteiger partial charge in [-0.15, -0.1) is 0 Å². The summed E-state index contributed by atoms with van der Waals surface area (Å²) in [6.07, 6.45) is -1.37. The van der Waals surface area contributed by atoms with Crippen LogP contribution in [0, 0.1) is 0 Å². The molecular weight excluding hydrogens is 195 g/mol. The fourth-order valence-corrected chi connectivity index (χ4v) is 1.64. The molecule has 2 rings (SSSR count). The van der Waals surface area contributed by atoms with E-state index in [9.17, 15) is 13.2 Å². The maximum atomic E-state index is 12.7. The van der Waals surface area contributed by atoms with E-state index in [0.717, 1.165) is 4.57 Å². The first-order valence-corrected chi connectivity index (χ1v) is 4.30. The topological polar surface area (TPSA) is 43.8 Å². The smallest absolute Gasteiger partial charge is 0.325 e. The summed E-state index contributed by atoms with van der Waals surface area (Å²) in [6.45, 7) is 0.0812. The standard InChI is InChI=1S/C8H10F3N3/c9-8(10,11)7(1-2-7)14-5-13-4-6(14)3-12/h4-5H,1-3,12H2. The van der Waals surface area contributed by atoms with Crippen molar-refractivity contribution in [2.75, 3.05) is 0 Å². The zero-order chi connectivity index (χ0) is 10.4. The van der Waals surface area contributed by atoms with Crippen LogP contribution >= 0.6 is 0 Å². The van der Waals surface area contributed by atoms with Gasteiger partial charge in [0.2, 0.25) is 0 Å². The number of imidazole rings is 1. The Morgan fingerprint density at radius 2 is 2.14 bits per heavy atom. The van der Waals surface area contributed by atoms with Gasteiger partial charge in [0.15, 0.2) is 0 Å². The van der Waals surface area contributed by atoms with Crippen LogP contribution in [0.2, 0.25) is 0 Å². The molecule has 1 aromatic heterocycles. The highest BCUT2D eigenvalue weighted by Crippen LogP contribution is 2.55. The lowest BCUT2D eigenvalue weighted by atomic mass is 10.2. The van der Waals surface area contributed by atoms with Crippen molar-refractivity contribution in [1.29, 1.82) is 0 Å². The van der Waals surface area contributed by atoms with E-state index < -0.39 is 11.7 Å². The summed E-state index contributed by atoms with van der Waals surface area (Å²) < 4.78 is 39.2. The molecule has 1 aliphatic rings. The summed E-state index contributed by atoms with van der Waals surface area (Å²) in [5, 5.41) is 0. The zero-order valence-corrected chi connectivity index (χ0v) is 7.38. The number of aromatic nitrogens is 2. The molecule has 1 heterocycles. The second-order valence-corrected chi connectivity index (χ2v) is 3.49. The van der Waals surface area contributed by atoms with Gasteiger partial charge in [0.1, 0.15) is 5.54 Å². The molecule has 1 aromatic rings. The van der Waals surface area contributed by atoms with Gasteiger partial charge in [-0.25, -0.2) is 4.98 Å². The molecule has 3 nitrogen and oxygen atoms in total. The van der Waals surface area contributed by atoms with Crippen molar-refractivity contribution < 1.29 is 13.2 Å². The largest absolute Gasteiger partial charge is 0.411 e. The van der Waals surface area contributed by atoms with E-state index in [1.54, 1.807) is 0 Å². The molecule has 0 saturated heterocycles. The average Bonchev–Trinajstić information content (AvgIpc) is 2.78. The first-order valence-electron chi connectivity index (χ1n) is 4.30. The molecule has 2 N–H and O–H groups in total. The Kier molecular flexibility index (Phi) is 1.85. The molecule has 0 aromatic carbocycles. The molecule has 0 radical (unpaired) electrons. The van der Waals surface area contributed by atoms with E-state index >= 15 is 0 Å². The van der Waals surface area contributed by atoms with Crippen molar-refractivity contribution in [2.45, 2.75) is 31.1 Å². The predicted octanol–water partition coefficient (Wildman–Crippen LogP) is 1.39. The Labute approximate surface area is 78.7 Å². The average molecular weight is 205 g/mol. The summed E-state index contributed by atoms with van der Waals surface area (Å²) in [6, 6.07) is 0. The van der Waals surface area contributed by atoms with Crippen molar-refractivity contribution in [2.24, 2.45) is 5.73 Å². The third-order valence-corrected chi connectivity index (χ3v) is 2.64. The lowest BCUT2D eigenvalue weighted by Crippen LogP contribution is -2.35. The highest BCUT2D eigenvalue weighted by atomic mass is 19.4. The first-order chi connectivity index (χ1) is 6.51. The molecular formula is C8H10F3N3. The second-order valence-electron chi connectivity index (χ2n) is 3.49. The van der Waals surface area contributed by atoms with Crippen LogP contribution in [0.15, 0.2) is 12.5 Å². The monoisotopic (exact) mass is 205 g/mol. The number of hydrogen-bond acceptors (Lipinski definition) is 2. The minimum Gasteiger partial charge on any atom is -0.325 e. The van der Waals surface area contributed by atoms with Gasteiger partial charge in [-0.2, -0.15) is 13.2 Å². The van der Waals surface area contributed by atoms with Gasteiger partial charge >= 0.3 is 6.18 Å². The van der Waals surface area contributed by atoms with Gasteiger partial charge in [-0.1, -0.05) is 0 Å². The third-order valence-electron chi connectivity index (χ3n) is 2.64. The Balaban J connectivity index is 2.40. The first kappa shape index (κ1) is 9.51. The number of nitrogens with zero attached hydrogens (tertiary/aromatic N) is 2. The van der Waals surface area contributed by atoms with Gasteiger partial charge in [0.25, 0.3) is 0 Å². The molecule has 0 spiro atoms. The van der Waals surface area contributed by atoms with E-state index in [1.165, 1.54) is 12.5 Å². The Morgan fingerprint density at radius 3 is 2.57 bits per heavy atom. The number of alkyl halides is 3.